The van der Waals surface area contributed by atoms with E-state index < -0.39 is 11.7 Å². The second-order valence-corrected chi connectivity index (χ2v) is 5.40. The molecule has 0 aliphatic heterocycles. The van der Waals surface area contributed by atoms with Crippen molar-refractivity contribution in [3.05, 3.63) is 54.3 Å². The minimum atomic E-state index is -0.541. The maximum absolute atomic E-state index is 13.5. The van der Waals surface area contributed by atoms with E-state index in [0.29, 0.717) is 18.0 Å². The fourth-order valence-corrected chi connectivity index (χ4v) is 2.22. The second kappa shape index (κ2) is 9.41. The fraction of sp³-hybridized carbons (Fsp3) is 0.263. The number of likely N-dealkylation sites (N-methyl/N-ethyl adjacent to an activating group) is 1. The molecule has 2 aromatic carbocycles. The van der Waals surface area contributed by atoms with Crippen LogP contribution in [0.2, 0.25) is 0 Å². The fourth-order valence-electron chi connectivity index (χ4n) is 2.22. The van der Waals surface area contributed by atoms with Crippen LogP contribution in [0.5, 0.6) is 11.5 Å². The molecule has 0 unspecified atom stereocenters. The molecule has 0 aliphatic rings. The van der Waals surface area contributed by atoms with Crippen molar-refractivity contribution in [1.82, 2.24) is 4.90 Å². The van der Waals surface area contributed by atoms with Crippen molar-refractivity contribution in [2.24, 2.45) is 0 Å². The van der Waals surface area contributed by atoms with Crippen LogP contribution in [-0.2, 0) is 9.59 Å². The summed E-state index contributed by atoms with van der Waals surface area (Å²) in [6, 6.07) is 12.7. The molecule has 2 aromatic rings. The van der Waals surface area contributed by atoms with Crippen LogP contribution < -0.4 is 14.8 Å². The minimum Gasteiger partial charge on any atom is -0.497 e. The Hall–Kier alpha value is -3.09. The molecule has 0 aromatic heterocycles. The minimum absolute atomic E-state index is 0.000382. The smallest absolute Gasteiger partial charge is 0.260 e. The van der Waals surface area contributed by atoms with E-state index >= 15 is 0 Å². The van der Waals surface area contributed by atoms with Gasteiger partial charge in [-0.15, -0.1) is 0 Å². The molecule has 0 aliphatic carbocycles. The average Bonchev–Trinajstić information content (AvgIpc) is 2.65. The van der Waals surface area contributed by atoms with Crippen LogP contribution in [0.1, 0.15) is 6.92 Å². The van der Waals surface area contributed by atoms with Crippen molar-refractivity contribution < 1.29 is 23.5 Å². The van der Waals surface area contributed by atoms with Crippen molar-refractivity contribution >= 4 is 17.5 Å². The Morgan fingerprint density at radius 2 is 1.81 bits per heavy atom. The monoisotopic (exact) mass is 360 g/mol. The first-order valence-corrected chi connectivity index (χ1v) is 8.12. The number of carbonyl (C=O) groups excluding carboxylic acids is 2. The van der Waals surface area contributed by atoms with E-state index in [0.717, 1.165) is 0 Å². The van der Waals surface area contributed by atoms with Gasteiger partial charge in [0.2, 0.25) is 5.91 Å². The molecule has 0 bridgehead atoms. The maximum Gasteiger partial charge on any atom is 0.260 e. The Balaban J connectivity index is 1.87. The summed E-state index contributed by atoms with van der Waals surface area (Å²) >= 11 is 0. The van der Waals surface area contributed by atoms with E-state index in [1.807, 2.05) is 0 Å². The number of benzene rings is 2. The number of anilines is 1. The molecule has 0 atom stereocenters. The van der Waals surface area contributed by atoms with Gasteiger partial charge in [-0.3, -0.25) is 9.59 Å². The molecule has 0 saturated heterocycles. The van der Waals surface area contributed by atoms with E-state index in [2.05, 4.69) is 5.32 Å². The van der Waals surface area contributed by atoms with Crippen LogP contribution in [-0.4, -0.2) is 43.5 Å². The predicted octanol–water partition coefficient (Wildman–Crippen LogP) is 2.70. The van der Waals surface area contributed by atoms with Crippen molar-refractivity contribution in [1.29, 1.82) is 0 Å². The van der Waals surface area contributed by atoms with Gasteiger partial charge >= 0.3 is 0 Å². The van der Waals surface area contributed by atoms with Crippen LogP contribution >= 0.6 is 0 Å². The first kappa shape index (κ1) is 19.2. The number of hydrogen-bond donors (Lipinski definition) is 1. The summed E-state index contributed by atoms with van der Waals surface area (Å²) in [6.07, 6.45) is 0. The molecule has 138 valence electrons. The highest BCUT2D eigenvalue weighted by Crippen LogP contribution is 2.16. The molecular weight excluding hydrogens is 339 g/mol. The summed E-state index contributed by atoms with van der Waals surface area (Å²) in [6.45, 7) is 1.61. The number of amides is 2. The third-order valence-electron chi connectivity index (χ3n) is 3.63. The summed E-state index contributed by atoms with van der Waals surface area (Å²) in [4.78, 5) is 25.7. The van der Waals surface area contributed by atoms with Gasteiger partial charge in [-0.1, -0.05) is 12.1 Å². The highest BCUT2D eigenvalue weighted by atomic mass is 19.1. The van der Waals surface area contributed by atoms with E-state index in [9.17, 15) is 14.0 Å². The van der Waals surface area contributed by atoms with Crippen LogP contribution in [0.15, 0.2) is 48.5 Å². The lowest BCUT2D eigenvalue weighted by Crippen LogP contribution is -2.40. The Kier molecular flexibility index (Phi) is 6.96. The normalized spacial score (nSPS) is 10.1. The molecule has 0 saturated carbocycles. The number of nitrogens with one attached hydrogen (secondary N) is 1. The Morgan fingerprint density at radius 1 is 1.12 bits per heavy atom. The number of nitrogens with zero attached hydrogens (tertiary/aromatic N) is 1. The number of ether oxygens (including phenoxy) is 2. The lowest BCUT2D eigenvalue weighted by Gasteiger charge is -2.20. The summed E-state index contributed by atoms with van der Waals surface area (Å²) in [7, 11) is 1.56. The SMILES string of the molecule is CCN(CC(=O)Nc1ccc(OC)cc1)C(=O)COc1ccccc1F. The lowest BCUT2D eigenvalue weighted by atomic mass is 10.3. The van der Waals surface area contributed by atoms with Crippen molar-refractivity contribution in [2.45, 2.75) is 6.92 Å². The molecule has 2 rings (SSSR count). The molecule has 7 heteroatoms. The highest BCUT2D eigenvalue weighted by molar-refractivity contribution is 5.94. The molecule has 1 N–H and O–H groups in total. The molecule has 26 heavy (non-hydrogen) atoms. The Morgan fingerprint density at radius 3 is 2.42 bits per heavy atom. The summed E-state index contributed by atoms with van der Waals surface area (Å²) in [5.41, 5.74) is 0.599. The van der Waals surface area contributed by atoms with E-state index in [4.69, 9.17) is 9.47 Å². The molecule has 6 nitrogen and oxygen atoms in total. The zero-order valence-corrected chi connectivity index (χ0v) is 14.7. The first-order chi connectivity index (χ1) is 12.5. The number of methoxy groups -OCH3 is 1. The van der Waals surface area contributed by atoms with Gasteiger partial charge < -0.3 is 19.7 Å². The highest BCUT2D eigenvalue weighted by Gasteiger charge is 2.17. The van der Waals surface area contributed by atoms with Gasteiger partial charge in [-0.2, -0.15) is 0 Å². The lowest BCUT2D eigenvalue weighted by molar-refractivity contribution is -0.136. The maximum atomic E-state index is 13.5. The van der Waals surface area contributed by atoms with Gasteiger partial charge in [0.25, 0.3) is 5.91 Å². The van der Waals surface area contributed by atoms with Gasteiger partial charge in [0.15, 0.2) is 18.2 Å². The molecule has 0 radical (unpaired) electrons. The molecule has 0 spiro atoms. The van der Waals surface area contributed by atoms with E-state index in [1.54, 1.807) is 44.4 Å². The largest absolute Gasteiger partial charge is 0.497 e. The van der Waals surface area contributed by atoms with Gasteiger partial charge in [0.05, 0.1) is 13.7 Å². The Bertz CT molecular complexity index is 749. The first-order valence-electron chi connectivity index (χ1n) is 8.12. The molecule has 0 fully saturated rings. The van der Waals surface area contributed by atoms with Crippen molar-refractivity contribution in [2.75, 3.05) is 32.1 Å². The zero-order chi connectivity index (χ0) is 18.9. The number of carbonyl (C=O) groups is 2. The van der Waals surface area contributed by atoms with Crippen LogP contribution in [0.25, 0.3) is 0 Å². The van der Waals surface area contributed by atoms with Crippen molar-refractivity contribution in [3.8, 4) is 11.5 Å². The predicted molar refractivity (Wildman–Crippen MR) is 95.8 cm³/mol. The summed E-state index contributed by atoms with van der Waals surface area (Å²) < 4.78 is 23.8. The van der Waals surface area contributed by atoms with Crippen LogP contribution in [0.3, 0.4) is 0 Å². The number of halogens is 1. The van der Waals surface area contributed by atoms with E-state index in [-0.39, 0.29) is 24.8 Å². The van der Waals surface area contributed by atoms with Crippen molar-refractivity contribution in [3.63, 3.8) is 0 Å². The standard InChI is InChI=1S/C19H21FN2O4/c1-3-22(19(24)13-26-17-7-5-4-6-16(17)20)12-18(23)21-14-8-10-15(25-2)11-9-14/h4-11H,3,12-13H2,1-2H3,(H,21,23). The molecule has 0 heterocycles. The van der Waals surface area contributed by atoms with Crippen LogP contribution in [0.4, 0.5) is 10.1 Å². The Labute approximate surface area is 151 Å². The van der Waals surface area contributed by atoms with Crippen LogP contribution in [0, 0.1) is 5.82 Å². The topological polar surface area (TPSA) is 67.9 Å². The summed E-state index contributed by atoms with van der Waals surface area (Å²) in [5.74, 6) is -0.601. The zero-order valence-electron chi connectivity index (χ0n) is 14.7. The number of para-hydroxylation sites is 1. The summed E-state index contributed by atoms with van der Waals surface area (Å²) in [5, 5.41) is 2.71. The van der Waals surface area contributed by atoms with Gasteiger partial charge in [0.1, 0.15) is 5.75 Å². The van der Waals surface area contributed by atoms with Gasteiger partial charge in [0, 0.05) is 12.2 Å². The van der Waals surface area contributed by atoms with Gasteiger partial charge in [-0.25, -0.2) is 4.39 Å². The number of hydrogen-bond acceptors (Lipinski definition) is 4. The third-order valence-corrected chi connectivity index (χ3v) is 3.63. The number of rotatable bonds is 8. The van der Waals surface area contributed by atoms with E-state index in [1.165, 1.54) is 23.1 Å². The van der Waals surface area contributed by atoms with Gasteiger partial charge in [-0.05, 0) is 43.3 Å². The third kappa shape index (κ3) is 5.47. The quantitative estimate of drug-likeness (QED) is 0.786. The molecule has 2 amide bonds. The second-order valence-electron chi connectivity index (χ2n) is 5.40. The molecular formula is C19H21FN2O4. The average molecular weight is 360 g/mol.